The SMILES string of the molecule is COCc1ccc(CNc2cnc3ccccc3c2)cc1. The Balaban J connectivity index is 1.68. The van der Waals surface area contributed by atoms with Crippen LogP contribution in [-0.2, 0) is 17.9 Å². The standard InChI is InChI=1S/C18H18N2O/c1-21-13-15-8-6-14(7-9-15)11-19-17-10-16-4-2-3-5-18(16)20-12-17/h2-10,12,19H,11,13H2,1H3. The van der Waals surface area contributed by atoms with Crippen LogP contribution in [0.25, 0.3) is 10.9 Å². The zero-order chi connectivity index (χ0) is 14.5. The summed E-state index contributed by atoms with van der Waals surface area (Å²) in [6, 6.07) is 18.7. The summed E-state index contributed by atoms with van der Waals surface area (Å²) < 4.78 is 5.11. The summed E-state index contributed by atoms with van der Waals surface area (Å²) in [7, 11) is 1.71. The molecular formula is C18H18N2O. The summed E-state index contributed by atoms with van der Waals surface area (Å²) in [5, 5.41) is 4.56. The van der Waals surface area contributed by atoms with Gasteiger partial charge in [-0.05, 0) is 23.3 Å². The van der Waals surface area contributed by atoms with E-state index in [1.165, 1.54) is 11.1 Å². The molecule has 1 heterocycles. The number of ether oxygens (including phenoxy) is 1. The molecule has 0 amide bonds. The lowest BCUT2D eigenvalue weighted by atomic mass is 10.1. The van der Waals surface area contributed by atoms with Gasteiger partial charge in [-0.15, -0.1) is 0 Å². The highest BCUT2D eigenvalue weighted by Gasteiger charge is 1.98. The summed E-state index contributed by atoms with van der Waals surface area (Å²) >= 11 is 0. The Hall–Kier alpha value is -2.39. The van der Waals surface area contributed by atoms with Gasteiger partial charge in [-0.25, -0.2) is 0 Å². The normalized spacial score (nSPS) is 10.7. The van der Waals surface area contributed by atoms with E-state index in [4.69, 9.17) is 4.74 Å². The van der Waals surface area contributed by atoms with Gasteiger partial charge in [0.1, 0.15) is 0 Å². The number of methoxy groups -OCH3 is 1. The highest BCUT2D eigenvalue weighted by Crippen LogP contribution is 2.17. The topological polar surface area (TPSA) is 34.1 Å². The molecule has 1 aromatic heterocycles. The van der Waals surface area contributed by atoms with Crippen LogP contribution in [0.5, 0.6) is 0 Å². The fourth-order valence-electron chi connectivity index (χ4n) is 2.29. The Morgan fingerprint density at radius 1 is 1.00 bits per heavy atom. The Bertz CT molecular complexity index is 723. The van der Waals surface area contributed by atoms with Crippen LogP contribution in [-0.4, -0.2) is 12.1 Å². The molecule has 2 aromatic carbocycles. The van der Waals surface area contributed by atoms with Crippen molar-refractivity contribution in [3.63, 3.8) is 0 Å². The fraction of sp³-hybridized carbons (Fsp3) is 0.167. The molecule has 0 unspecified atom stereocenters. The molecule has 3 aromatic rings. The van der Waals surface area contributed by atoms with Crippen molar-refractivity contribution in [2.45, 2.75) is 13.2 Å². The number of hydrogen-bond donors (Lipinski definition) is 1. The number of rotatable bonds is 5. The second-order valence-electron chi connectivity index (χ2n) is 5.02. The predicted molar refractivity (Wildman–Crippen MR) is 86.2 cm³/mol. The smallest absolute Gasteiger partial charge is 0.0713 e. The van der Waals surface area contributed by atoms with Gasteiger partial charge in [-0.3, -0.25) is 4.98 Å². The summed E-state index contributed by atoms with van der Waals surface area (Å²) in [6.07, 6.45) is 1.88. The van der Waals surface area contributed by atoms with Gasteiger partial charge >= 0.3 is 0 Å². The summed E-state index contributed by atoms with van der Waals surface area (Å²) in [6.45, 7) is 1.44. The van der Waals surface area contributed by atoms with Crippen molar-refractivity contribution in [3.8, 4) is 0 Å². The van der Waals surface area contributed by atoms with Crippen LogP contribution in [0.2, 0.25) is 0 Å². The predicted octanol–water partition coefficient (Wildman–Crippen LogP) is 3.99. The van der Waals surface area contributed by atoms with E-state index < -0.39 is 0 Å². The highest BCUT2D eigenvalue weighted by atomic mass is 16.5. The number of benzene rings is 2. The largest absolute Gasteiger partial charge is 0.380 e. The average molecular weight is 278 g/mol. The van der Waals surface area contributed by atoms with Crippen molar-refractivity contribution < 1.29 is 4.74 Å². The van der Waals surface area contributed by atoms with E-state index in [1.54, 1.807) is 7.11 Å². The molecule has 0 bridgehead atoms. The molecule has 0 radical (unpaired) electrons. The number of nitrogens with zero attached hydrogens (tertiary/aromatic N) is 1. The molecule has 1 N–H and O–H groups in total. The number of pyridine rings is 1. The third-order valence-electron chi connectivity index (χ3n) is 3.42. The molecule has 0 aliphatic rings. The maximum absolute atomic E-state index is 5.11. The average Bonchev–Trinajstić information content (AvgIpc) is 2.54. The highest BCUT2D eigenvalue weighted by molar-refractivity contribution is 5.81. The van der Waals surface area contributed by atoms with Crippen molar-refractivity contribution >= 4 is 16.6 Å². The monoisotopic (exact) mass is 278 g/mol. The number of fused-ring (bicyclic) bond motifs is 1. The first kappa shape index (κ1) is 13.6. The Morgan fingerprint density at radius 3 is 2.57 bits per heavy atom. The van der Waals surface area contributed by atoms with Crippen LogP contribution in [0.4, 0.5) is 5.69 Å². The number of nitrogens with one attached hydrogen (secondary N) is 1. The fourth-order valence-corrected chi connectivity index (χ4v) is 2.29. The van der Waals surface area contributed by atoms with Crippen molar-refractivity contribution in [2.24, 2.45) is 0 Å². The molecule has 3 heteroatoms. The van der Waals surface area contributed by atoms with Crippen molar-refractivity contribution in [1.82, 2.24) is 4.98 Å². The van der Waals surface area contributed by atoms with Crippen molar-refractivity contribution in [1.29, 1.82) is 0 Å². The molecule has 0 atom stereocenters. The minimum atomic E-state index is 0.655. The molecule has 0 saturated carbocycles. The first-order chi connectivity index (χ1) is 10.3. The first-order valence-corrected chi connectivity index (χ1v) is 7.00. The molecular weight excluding hydrogens is 260 g/mol. The molecule has 0 aliphatic carbocycles. The summed E-state index contributed by atoms with van der Waals surface area (Å²) in [4.78, 5) is 4.45. The third kappa shape index (κ3) is 3.38. The van der Waals surface area contributed by atoms with Crippen molar-refractivity contribution in [3.05, 3.63) is 71.9 Å². The van der Waals surface area contributed by atoms with Crippen LogP contribution < -0.4 is 5.32 Å². The minimum absolute atomic E-state index is 0.655. The van der Waals surface area contributed by atoms with Crippen molar-refractivity contribution in [2.75, 3.05) is 12.4 Å². The summed E-state index contributed by atoms with van der Waals surface area (Å²) in [5.41, 5.74) is 4.48. The number of para-hydroxylation sites is 1. The molecule has 0 saturated heterocycles. The molecule has 0 spiro atoms. The lowest BCUT2D eigenvalue weighted by Gasteiger charge is -2.08. The van der Waals surface area contributed by atoms with E-state index in [0.717, 1.165) is 23.1 Å². The first-order valence-electron chi connectivity index (χ1n) is 7.00. The lowest BCUT2D eigenvalue weighted by Crippen LogP contribution is -2.00. The molecule has 21 heavy (non-hydrogen) atoms. The summed E-state index contributed by atoms with van der Waals surface area (Å²) in [5.74, 6) is 0. The molecule has 3 nitrogen and oxygen atoms in total. The van der Waals surface area contributed by atoms with E-state index in [1.807, 2.05) is 24.4 Å². The zero-order valence-electron chi connectivity index (χ0n) is 12.0. The van der Waals surface area contributed by atoms with Gasteiger partial charge in [0.2, 0.25) is 0 Å². The van der Waals surface area contributed by atoms with Gasteiger partial charge in [-0.2, -0.15) is 0 Å². The quantitative estimate of drug-likeness (QED) is 0.766. The molecule has 0 aliphatic heterocycles. The minimum Gasteiger partial charge on any atom is -0.380 e. The third-order valence-corrected chi connectivity index (χ3v) is 3.42. The molecule has 0 fully saturated rings. The molecule has 106 valence electrons. The van der Waals surface area contributed by atoms with E-state index in [0.29, 0.717) is 6.61 Å². The Kier molecular flexibility index (Phi) is 4.12. The molecule has 3 rings (SSSR count). The van der Waals surface area contributed by atoms with E-state index in [2.05, 4.69) is 46.7 Å². The van der Waals surface area contributed by atoms with Gasteiger partial charge < -0.3 is 10.1 Å². The van der Waals surface area contributed by atoms with Gasteiger partial charge in [0.05, 0.1) is 24.0 Å². The van der Waals surface area contributed by atoms with Crippen LogP contribution in [0.1, 0.15) is 11.1 Å². The maximum Gasteiger partial charge on any atom is 0.0713 e. The van der Waals surface area contributed by atoms with Crippen LogP contribution in [0.3, 0.4) is 0 Å². The Morgan fingerprint density at radius 2 is 1.76 bits per heavy atom. The lowest BCUT2D eigenvalue weighted by molar-refractivity contribution is 0.185. The second-order valence-corrected chi connectivity index (χ2v) is 5.02. The van der Waals surface area contributed by atoms with E-state index in [9.17, 15) is 0 Å². The van der Waals surface area contributed by atoms with E-state index in [-0.39, 0.29) is 0 Å². The van der Waals surface area contributed by atoms with Gasteiger partial charge in [0, 0.05) is 19.0 Å². The second kappa shape index (κ2) is 6.37. The Labute approximate surface area is 124 Å². The van der Waals surface area contributed by atoms with Crippen LogP contribution >= 0.6 is 0 Å². The van der Waals surface area contributed by atoms with Crippen LogP contribution in [0.15, 0.2) is 60.8 Å². The van der Waals surface area contributed by atoms with E-state index >= 15 is 0 Å². The number of aromatic nitrogens is 1. The van der Waals surface area contributed by atoms with Gasteiger partial charge in [0.15, 0.2) is 0 Å². The van der Waals surface area contributed by atoms with Gasteiger partial charge in [-0.1, -0.05) is 42.5 Å². The van der Waals surface area contributed by atoms with Gasteiger partial charge in [0.25, 0.3) is 0 Å². The maximum atomic E-state index is 5.11. The number of hydrogen-bond acceptors (Lipinski definition) is 3. The zero-order valence-corrected chi connectivity index (χ0v) is 12.0. The number of anilines is 1. The van der Waals surface area contributed by atoms with Crippen LogP contribution in [0, 0.1) is 0 Å².